The molecule has 1 fully saturated rings. The highest BCUT2D eigenvalue weighted by Crippen LogP contribution is 2.35. The molecule has 0 atom stereocenters. The standard InChI is InChI=1S/C12H16ClN5O/c1-8-9(13)17-11-15-7-16-18(11)10(8)14-6-12(19-2)4-3-5-12/h7,14H,3-6H2,1-2H3. The van der Waals surface area contributed by atoms with Crippen molar-refractivity contribution in [3.63, 3.8) is 0 Å². The van der Waals surface area contributed by atoms with Crippen LogP contribution in [0.15, 0.2) is 6.33 Å². The Morgan fingerprint density at radius 1 is 1.53 bits per heavy atom. The number of anilines is 1. The van der Waals surface area contributed by atoms with Crippen LogP contribution in [0.5, 0.6) is 0 Å². The van der Waals surface area contributed by atoms with E-state index >= 15 is 0 Å². The van der Waals surface area contributed by atoms with E-state index in [9.17, 15) is 0 Å². The summed E-state index contributed by atoms with van der Waals surface area (Å²) in [5.74, 6) is 1.33. The van der Waals surface area contributed by atoms with Crippen LogP contribution in [-0.2, 0) is 4.74 Å². The molecule has 0 saturated heterocycles. The Labute approximate surface area is 116 Å². The third-order valence-corrected chi connectivity index (χ3v) is 4.25. The normalized spacial score (nSPS) is 17.4. The van der Waals surface area contributed by atoms with E-state index in [0.717, 1.165) is 30.8 Å². The van der Waals surface area contributed by atoms with Crippen LogP contribution in [0.4, 0.5) is 5.82 Å². The molecule has 0 aliphatic heterocycles. The molecule has 0 aromatic carbocycles. The monoisotopic (exact) mass is 281 g/mol. The van der Waals surface area contributed by atoms with Crippen LogP contribution in [0, 0.1) is 6.92 Å². The number of hydrogen-bond acceptors (Lipinski definition) is 5. The Morgan fingerprint density at radius 3 is 2.95 bits per heavy atom. The third-order valence-electron chi connectivity index (χ3n) is 3.88. The van der Waals surface area contributed by atoms with Crippen molar-refractivity contribution in [3.05, 3.63) is 17.0 Å². The van der Waals surface area contributed by atoms with Crippen LogP contribution in [0.2, 0.25) is 5.15 Å². The second-order valence-corrected chi connectivity index (χ2v) is 5.30. The van der Waals surface area contributed by atoms with E-state index in [4.69, 9.17) is 16.3 Å². The Bertz CT molecular complexity index is 602. The molecule has 19 heavy (non-hydrogen) atoms. The van der Waals surface area contributed by atoms with Crippen molar-refractivity contribution < 1.29 is 4.74 Å². The van der Waals surface area contributed by atoms with Gasteiger partial charge >= 0.3 is 0 Å². The molecule has 7 heteroatoms. The molecular weight excluding hydrogens is 266 g/mol. The first-order valence-corrected chi connectivity index (χ1v) is 6.68. The van der Waals surface area contributed by atoms with Crippen molar-refractivity contribution >= 4 is 23.2 Å². The van der Waals surface area contributed by atoms with Crippen molar-refractivity contribution in [3.8, 4) is 0 Å². The maximum atomic E-state index is 6.12. The highest BCUT2D eigenvalue weighted by Gasteiger charge is 2.37. The first-order valence-electron chi connectivity index (χ1n) is 6.30. The average molecular weight is 282 g/mol. The van der Waals surface area contributed by atoms with Crippen LogP contribution < -0.4 is 5.32 Å². The summed E-state index contributed by atoms with van der Waals surface area (Å²) in [6.07, 6.45) is 4.84. The number of ether oxygens (including phenoxy) is 1. The van der Waals surface area contributed by atoms with Gasteiger partial charge in [0.2, 0.25) is 0 Å². The topological polar surface area (TPSA) is 64.3 Å². The molecule has 1 aliphatic rings. The second kappa shape index (κ2) is 4.61. The van der Waals surface area contributed by atoms with Crippen LogP contribution in [0.1, 0.15) is 24.8 Å². The fourth-order valence-electron chi connectivity index (χ4n) is 2.37. The van der Waals surface area contributed by atoms with Gasteiger partial charge in [-0.25, -0.2) is 0 Å². The summed E-state index contributed by atoms with van der Waals surface area (Å²) < 4.78 is 7.27. The molecular formula is C12H16ClN5O. The Hall–Kier alpha value is -1.40. The number of rotatable bonds is 4. The van der Waals surface area contributed by atoms with Crippen molar-refractivity contribution in [1.82, 2.24) is 19.6 Å². The molecule has 2 aromatic heterocycles. The lowest BCUT2D eigenvalue weighted by Gasteiger charge is -2.40. The summed E-state index contributed by atoms with van der Waals surface area (Å²) in [5.41, 5.74) is 0.806. The molecule has 0 unspecified atom stereocenters. The van der Waals surface area contributed by atoms with E-state index in [2.05, 4.69) is 20.4 Å². The van der Waals surface area contributed by atoms with Crippen LogP contribution in [0.3, 0.4) is 0 Å². The predicted octanol–water partition coefficient (Wildman–Crippen LogP) is 2.07. The van der Waals surface area contributed by atoms with Crippen molar-refractivity contribution in [2.45, 2.75) is 31.8 Å². The number of nitrogens with one attached hydrogen (secondary N) is 1. The Balaban J connectivity index is 1.91. The minimum absolute atomic E-state index is 0.0604. The summed E-state index contributed by atoms with van der Waals surface area (Å²) in [4.78, 5) is 8.24. The second-order valence-electron chi connectivity index (χ2n) is 4.94. The van der Waals surface area contributed by atoms with Crippen LogP contribution in [0.25, 0.3) is 5.78 Å². The molecule has 1 N–H and O–H groups in total. The highest BCUT2D eigenvalue weighted by atomic mass is 35.5. The van der Waals surface area contributed by atoms with Crippen molar-refractivity contribution in [2.75, 3.05) is 19.0 Å². The van der Waals surface area contributed by atoms with Gasteiger partial charge in [0.1, 0.15) is 17.3 Å². The first kappa shape index (κ1) is 12.6. The molecule has 1 aliphatic carbocycles. The minimum Gasteiger partial charge on any atom is -0.376 e. The summed E-state index contributed by atoms with van der Waals surface area (Å²) >= 11 is 6.12. The fraction of sp³-hybridized carbons (Fsp3) is 0.583. The van der Waals surface area contributed by atoms with E-state index in [1.165, 1.54) is 12.7 Å². The molecule has 0 spiro atoms. The lowest BCUT2D eigenvalue weighted by Crippen LogP contribution is -2.45. The Morgan fingerprint density at radius 2 is 2.32 bits per heavy atom. The van der Waals surface area contributed by atoms with Gasteiger partial charge in [-0.05, 0) is 26.2 Å². The van der Waals surface area contributed by atoms with Gasteiger partial charge in [0.25, 0.3) is 5.78 Å². The molecule has 0 amide bonds. The van der Waals surface area contributed by atoms with Crippen LogP contribution >= 0.6 is 11.6 Å². The average Bonchev–Trinajstić information content (AvgIpc) is 2.80. The lowest BCUT2D eigenvalue weighted by molar-refractivity contribution is -0.0602. The van der Waals surface area contributed by atoms with Gasteiger partial charge in [0, 0.05) is 19.2 Å². The molecule has 2 heterocycles. The molecule has 0 radical (unpaired) electrons. The van der Waals surface area contributed by atoms with Gasteiger partial charge < -0.3 is 10.1 Å². The molecule has 1 saturated carbocycles. The molecule has 2 aromatic rings. The molecule has 6 nitrogen and oxygen atoms in total. The Kier molecular flexibility index (Phi) is 3.06. The summed E-state index contributed by atoms with van der Waals surface area (Å²) in [6.45, 7) is 2.65. The van der Waals surface area contributed by atoms with Crippen molar-refractivity contribution in [1.29, 1.82) is 0 Å². The maximum absolute atomic E-state index is 6.12. The van der Waals surface area contributed by atoms with Gasteiger partial charge in [0.05, 0.1) is 5.60 Å². The maximum Gasteiger partial charge on any atom is 0.255 e. The smallest absolute Gasteiger partial charge is 0.255 e. The van der Waals surface area contributed by atoms with Gasteiger partial charge in [-0.1, -0.05) is 11.6 Å². The van der Waals surface area contributed by atoms with Gasteiger partial charge in [0.15, 0.2) is 0 Å². The van der Waals surface area contributed by atoms with E-state index in [1.54, 1.807) is 11.6 Å². The van der Waals surface area contributed by atoms with E-state index in [1.807, 2.05) is 6.92 Å². The number of halogens is 1. The van der Waals surface area contributed by atoms with Gasteiger partial charge in [-0.15, -0.1) is 0 Å². The minimum atomic E-state index is -0.0604. The molecule has 0 bridgehead atoms. The zero-order chi connectivity index (χ0) is 13.5. The zero-order valence-electron chi connectivity index (χ0n) is 11.0. The first-order chi connectivity index (χ1) is 9.15. The summed E-state index contributed by atoms with van der Waals surface area (Å²) in [6, 6.07) is 0. The van der Waals surface area contributed by atoms with E-state index < -0.39 is 0 Å². The van der Waals surface area contributed by atoms with E-state index in [0.29, 0.717) is 10.9 Å². The number of methoxy groups -OCH3 is 1. The number of aromatic nitrogens is 4. The third kappa shape index (κ3) is 2.04. The quantitative estimate of drug-likeness (QED) is 0.869. The lowest BCUT2D eigenvalue weighted by atomic mass is 9.80. The van der Waals surface area contributed by atoms with Crippen LogP contribution in [-0.4, -0.2) is 38.8 Å². The molecule has 102 valence electrons. The number of fused-ring (bicyclic) bond motifs is 1. The molecule has 3 rings (SSSR count). The largest absolute Gasteiger partial charge is 0.376 e. The SMILES string of the molecule is COC1(CNc2c(C)c(Cl)nc3ncnn23)CCC1. The van der Waals surface area contributed by atoms with E-state index in [-0.39, 0.29) is 5.60 Å². The predicted molar refractivity (Wildman–Crippen MR) is 72.6 cm³/mol. The summed E-state index contributed by atoms with van der Waals surface area (Å²) in [5, 5.41) is 8.01. The van der Waals surface area contributed by atoms with Gasteiger partial charge in [-0.3, -0.25) is 0 Å². The summed E-state index contributed by atoms with van der Waals surface area (Å²) in [7, 11) is 1.76. The van der Waals surface area contributed by atoms with Gasteiger partial charge in [-0.2, -0.15) is 19.6 Å². The fourth-order valence-corrected chi connectivity index (χ4v) is 2.54. The van der Waals surface area contributed by atoms with Crippen molar-refractivity contribution in [2.24, 2.45) is 0 Å². The number of hydrogen-bond donors (Lipinski definition) is 1. The zero-order valence-corrected chi connectivity index (χ0v) is 11.7. The highest BCUT2D eigenvalue weighted by molar-refractivity contribution is 6.30. The number of nitrogens with zero attached hydrogens (tertiary/aromatic N) is 4.